The van der Waals surface area contributed by atoms with Crippen LogP contribution >= 0.6 is 0 Å². The van der Waals surface area contributed by atoms with Gasteiger partial charge in [0.2, 0.25) is 0 Å². The van der Waals surface area contributed by atoms with E-state index in [-0.39, 0.29) is 11.1 Å². The maximum absolute atomic E-state index is 13.8. The first kappa shape index (κ1) is 16.0. The Bertz CT molecular complexity index is 567. The predicted octanol–water partition coefficient (Wildman–Crippen LogP) is 2.22. The molecule has 21 heavy (non-hydrogen) atoms. The Balaban J connectivity index is 2.51. The zero-order valence-electron chi connectivity index (χ0n) is 13.2. The predicted molar refractivity (Wildman–Crippen MR) is 78.2 cm³/mol. The van der Waals surface area contributed by atoms with E-state index < -0.39 is 30.1 Å². The first-order chi connectivity index (χ1) is 9.60. The van der Waals surface area contributed by atoms with Crippen LogP contribution < -0.4 is 5.46 Å². The second kappa shape index (κ2) is 5.11. The molecular weight excluding hydrogens is 274 g/mol. The molecule has 0 spiro atoms. The minimum Gasteiger partial charge on any atom is -0.465 e. The first-order valence-electron chi connectivity index (χ1n) is 6.83. The van der Waals surface area contributed by atoms with E-state index in [4.69, 9.17) is 14.0 Å². The van der Waals surface area contributed by atoms with E-state index >= 15 is 0 Å². The molecule has 0 unspecified atom stereocenters. The summed E-state index contributed by atoms with van der Waals surface area (Å²) in [7, 11) is 0.532. The second-order valence-electron chi connectivity index (χ2n) is 6.22. The highest BCUT2D eigenvalue weighted by molar-refractivity contribution is 6.63. The molecule has 1 aromatic rings. The third kappa shape index (κ3) is 2.58. The summed E-state index contributed by atoms with van der Waals surface area (Å²) in [4.78, 5) is 12.0. The van der Waals surface area contributed by atoms with Crippen molar-refractivity contribution in [2.24, 2.45) is 0 Å². The van der Waals surface area contributed by atoms with E-state index in [9.17, 15) is 9.18 Å². The molecule has 1 saturated heterocycles. The van der Waals surface area contributed by atoms with Crippen molar-refractivity contribution in [2.45, 2.75) is 45.8 Å². The lowest BCUT2D eigenvalue weighted by molar-refractivity contribution is 0.00578. The maximum atomic E-state index is 13.8. The lowest BCUT2D eigenvalue weighted by Crippen LogP contribution is -2.41. The topological polar surface area (TPSA) is 44.8 Å². The molecule has 2 rings (SSSR count). The fraction of sp³-hybridized carbons (Fsp3) is 0.533. The van der Waals surface area contributed by atoms with Crippen LogP contribution in [0.15, 0.2) is 12.1 Å². The lowest BCUT2D eigenvalue weighted by Gasteiger charge is -2.32. The van der Waals surface area contributed by atoms with E-state index in [1.54, 1.807) is 0 Å². The smallest absolute Gasteiger partial charge is 0.465 e. The van der Waals surface area contributed by atoms with Gasteiger partial charge in [-0.25, -0.2) is 9.18 Å². The number of hydrogen-bond donors (Lipinski definition) is 0. The van der Waals surface area contributed by atoms with Crippen LogP contribution in [-0.4, -0.2) is 31.4 Å². The maximum Gasteiger partial charge on any atom is 0.495 e. The Labute approximate surface area is 124 Å². The highest BCUT2D eigenvalue weighted by atomic mass is 19.1. The third-order valence-electron chi connectivity index (χ3n) is 4.33. The molecule has 0 atom stereocenters. The summed E-state index contributed by atoms with van der Waals surface area (Å²) in [6.07, 6.45) is 0. The van der Waals surface area contributed by atoms with E-state index in [1.165, 1.54) is 26.2 Å². The molecule has 4 nitrogen and oxygen atoms in total. The van der Waals surface area contributed by atoms with Crippen LogP contribution in [-0.2, 0) is 14.0 Å². The van der Waals surface area contributed by atoms with Crippen molar-refractivity contribution in [1.82, 2.24) is 0 Å². The van der Waals surface area contributed by atoms with Gasteiger partial charge in [0, 0.05) is 0 Å². The molecule has 6 heteroatoms. The number of rotatable bonds is 2. The number of methoxy groups -OCH3 is 1. The van der Waals surface area contributed by atoms with Crippen molar-refractivity contribution in [3.8, 4) is 0 Å². The number of benzene rings is 1. The molecule has 1 fully saturated rings. The SMILES string of the molecule is COC(=O)c1c(B2OC(C)(C)C(C)(C)O2)ccc(F)c1C. The van der Waals surface area contributed by atoms with Gasteiger partial charge in [0.1, 0.15) is 5.82 Å². The van der Waals surface area contributed by atoms with Crippen LogP contribution in [0.2, 0.25) is 0 Å². The van der Waals surface area contributed by atoms with Crippen molar-refractivity contribution in [3.63, 3.8) is 0 Å². The Kier molecular flexibility index (Phi) is 3.89. The normalized spacial score (nSPS) is 19.7. The number of esters is 1. The van der Waals surface area contributed by atoms with Crippen LogP contribution in [0.1, 0.15) is 43.6 Å². The Morgan fingerprint density at radius 2 is 1.71 bits per heavy atom. The summed E-state index contributed by atoms with van der Waals surface area (Å²) in [5, 5.41) is 0. The van der Waals surface area contributed by atoms with Crippen molar-refractivity contribution < 1.29 is 23.2 Å². The number of carbonyl (C=O) groups is 1. The van der Waals surface area contributed by atoms with Crippen molar-refractivity contribution in [3.05, 3.63) is 29.1 Å². The largest absolute Gasteiger partial charge is 0.495 e. The van der Waals surface area contributed by atoms with Gasteiger partial charge in [-0.3, -0.25) is 0 Å². The molecule has 0 aromatic heterocycles. The minimum absolute atomic E-state index is 0.163. The van der Waals surface area contributed by atoms with E-state index in [2.05, 4.69) is 0 Å². The van der Waals surface area contributed by atoms with Gasteiger partial charge in [-0.15, -0.1) is 0 Å². The van der Waals surface area contributed by atoms with Crippen LogP contribution in [0.4, 0.5) is 4.39 Å². The molecule has 1 heterocycles. The zero-order chi connectivity index (χ0) is 16.0. The average molecular weight is 294 g/mol. The molecule has 0 saturated carbocycles. The zero-order valence-corrected chi connectivity index (χ0v) is 13.2. The average Bonchev–Trinajstić information content (AvgIpc) is 2.60. The van der Waals surface area contributed by atoms with Gasteiger partial charge in [-0.2, -0.15) is 0 Å². The molecule has 1 aliphatic heterocycles. The van der Waals surface area contributed by atoms with Gasteiger partial charge in [0.15, 0.2) is 0 Å². The summed E-state index contributed by atoms with van der Waals surface area (Å²) in [5.74, 6) is -1.06. The molecular formula is C15H20BFO4. The standard InChI is InChI=1S/C15H20BFO4/c1-9-11(17)8-7-10(12(9)13(18)19-6)16-20-14(2,3)15(4,5)21-16/h7-8H,1-6H3. The van der Waals surface area contributed by atoms with Gasteiger partial charge in [-0.05, 0) is 51.7 Å². The summed E-state index contributed by atoms with van der Waals surface area (Å²) < 4.78 is 30.4. The summed E-state index contributed by atoms with van der Waals surface area (Å²) in [6.45, 7) is 9.21. The number of halogens is 1. The van der Waals surface area contributed by atoms with Gasteiger partial charge in [-0.1, -0.05) is 6.07 Å². The molecule has 0 N–H and O–H groups in total. The highest BCUT2D eigenvalue weighted by Gasteiger charge is 2.52. The van der Waals surface area contributed by atoms with Crippen LogP contribution in [0, 0.1) is 12.7 Å². The summed E-state index contributed by atoms with van der Waals surface area (Å²) in [5.41, 5.74) is -0.190. The monoisotopic (exact) mass is 294 g/mol. The van der Waals surface area contributed by atoms with E-state index in [0.717, 1.165) is 0 Å². The fourth-order valence-electron chi connectivity index (χ4n) is 2.25. The lowest BCUT2D eigenvalue weighted by atomic mass is 9.74. The Morgan fingerprint density at radius 1 is 1.19 bits per heavy atom. The fourth-order valence-corrected chi connectivity index (χ4v) is 2.25. The second-order valence-corrected chi connectivity index (χ2v) is 6.22. The number of hydrogen-bond acceptors (Lipinski definition) is 4. The van der Waals surface area contributed by atoms with E-state index in [1.807, 2.05) is 27.7 Å². The molecule has 0 aliphatic carbocycles. The van der Waals surface area contributed by atoms with Crippen molar-refractivity contribution in [1.29, 1.82) is 0 Å². The van der Waals surface area contributed by atoms with Gasteiger partial charge in [0.05, 0.1) is 23.9 Å². The summed E-state index contributed by atoms with van der Waals surface area (Å²) in [6, 6.07) is 2.82. The Morgan fingerprint density at radius 3 is 2.19 bits per heavy atom. The molecule has 0 radical (unpaired) electrons. The molecule has 1 aromatic carbocycles. The first-order valence-corrected chi connectivity index (χ1v) is 6.83. The van der Waals surface area contributed by atoms with Crippen LogP contribution in [0.25, 0.3) is 0 Å². The molecule has 0 amide bonds. The molecule has 114 valence electrons. The van der Waals surface area contributed by atoms with E-state index in [0.29, 0.717) is 5.46 Å². The molecule has 0 bridgehead atoms. The van der Waals surface area contributed by atoms with Gasteiger partial charge >= 0.3 is 13.1 Å². The third-order valence-corrected chi connectivity index (χ3v) is 4.33. The molecule has 1 aliphatic rings. The van der Waals surface area contributed by atoms with Crippen LogP contribution in [0.5, 0.6) is 0 Å². The quantitative estimate of drug-likeness (QED) is 0.620. The van der Waals surface area contributed by atoms with Crippen LogP contribution in [0.3, 0.4) is 0 Å². The highest BCUT2D eigenvalue weighted by Crippen LogP contribution is 2.36. The summed E-state index contributed by atoms with van der Waals surface area (Å²) >= 11 is 0. The van der Waals surface area contributed by atoms with Crippen molar-refractivity contribution in [2.75, 3.05) is 7.11 Å². The number of ether oxygens (including phenoxy) is 1. The minimum atomic E-state index is -0.733. The number of carbonyl (C=O) groups excluding carboxylic acids is 1. The van der Waals surface area contributed by atoms with Gasteiger partial charge < -0.3 is 14.0 Å². The van der Waals surface area contributed by atoms with Gasteiger partial charge in [0.25, 0.3) is 0 Å². The van der Waals surface area contributed by atoms with Crippen molar-refractivity contribution >= 4 is 18.6 Å². The Hall–Kier alpha value is -1.40.